The first-order chi connectivity index (χ1) is 11.8. The molecule has 0 aliphatic carbocycles. The van der Waals surface area contributed by atoms with Crippen molar-refractivity contribution >= 4 is 12.1 Å². The van der Waals surface area contributed by atoms with Gasteiger partial charge in [0.15, 0.2) is 12.4 Å². The molecule has 1 N–H and O–H groups in total. The van der Waals surface area contributed by atoms with Gasteiger partial charge >= 0.3 is 5.91 Å². The Balaban J connectivity index is 1.56. The van der Waals surface area contributed by atoms with Crippen LogP contribution in [0.5, 0.6) is 0 Å². The maximum atomic E-state index is 11.8. The largest absolute Gasteiger partial charge is 0.305 e. The lowest BCUT2D eigenvalue weighted by Gasteiger charge is -2.01. The van der Waals surface area contributed by atoms with Crippen LogP contribution in [-0.2, 0) is 11.3 Å². The highest BCUT2D eigenvalue weighted by Crippen LogP contribution is 2.18. The molecule has 24 heavy (non-hydrogen) atoms. The van der Waals surface area contributed by atoms with Crippen molar-refractivity contribution in [2.45, 2.75) is 6.54 Å². The number of rotatable bonds is 5. The predicted molar refractivity (Wildman–Crippen MR) is 94.3 cm³/mol. The highest BCUT2D eigenvalue weighted by atomic mass is 16.2. The van der Waals surface area contributed by atoms with Crippen LogP contribution in [0.4, 0.5) is 0 Å². The summed E-state index contributed by atoms with van der Waals surface area (Å²) in [6.45, 7) is 0.241. The van der Waals surface area contributed by atoms with Gasteiger partial charge in [-0.15, -0.1) is 0 Å². The van der Waals surface area contributed by atoms with Crippen LogP contribution in [0.2, 0.25) is 0 Å². The lowest BCUT2D eigenvalue weighted by Crippen LogP contribution is -2.40. The van der Waals surface area contributed by atoms with E-state index in [1.54, 1.807) is 10.8 Å². The fourth-order valence-electron chi connectivity index (χ4n) is 2.31. The molecule has 0 spiro atoms. The van der Waals surface area contributed by atoms with E-state index in [4.69, 9.17) is 0 Å². The minimum Gasteiger partial charge on any atom is -0.266 e. The molecular formula is C20H18N3O+. The molecule has 118 valence electrons. The first-order valence-electron chi connectivity index (χ1n) is 7.73. The molecule has 0 saturated carbocycles. The Hall–Kier alpha value is -3.27. The van der Waals surface area contributed by atoms with E-state index < -0.39 is 0 Å². The predicted octanol–water partition coefficient (Wildman–Crippen LogP) is 2.79. The van der Waals surface area contributed by atoms with Crippen molar-refractivity contribution in [2.75, 3.05) is 0 Å². The highest BCUT2D eigenvalue weighted by Gasteiger charge is 2.06. The minimum absolute atomic E-state index is 0.164. The summed E-state index contributed by atoms with van der Waals surface area (Å²) in [7, 11) is 0. The number of nitrogens with zero attached hydrogens (tertiary/aromatic N) is 2. The third kappa shape index (κ3) is 4.36. The quantitative estimate of drug-likeness (QED) is 0.439. The number of benzene rings is 2. The normalized spacial score (nSPS) is 10.7. The van der Waals surface area contributed by atoms with Crippen LogP contribution in [0.25, 0.3) is 11.1 Å². The van der Waals surface area contributed by atoms with Gasteiger partial charge in [-0.2, -0.15) is 9.67 Å². The lowest BCUT2D eigenvalue weighted by molar-refractivity contribution is -0.684. The molecule has 0 aliphatic rings. The summed E-state index contributed by atoms with van der Waals surface area (Å²) in [4.78, 5) is 11.8. The standard InChI is InChI=1S/C20H17N3O/c24-20(16-23-13-5-2-6-14-23)22-21-15-17-9-11-19(12-10-17)18-7-3-1-4-8-18/h1-15H,16H2/p+1. The Kier molecular flexibility index (Phi) is 5.10. The van der Waals surface area contributed by atoms with Crippen LogP contribution in [0.3, 0.4) is 0 Å². The van der Waals surface area contributed by atoms with Crippen molar-refractivity contribution in [2.24, 2.45) is 5.10 Å². The van der Waals surface area contributed by atoms with E-state index in [0.717, 1.165) is 11.1 Å². The second-order valence-electron chi connectivity index (χ2n) is 5.33. The molecule has 3 rings (SSSR count). The number of hydrogen-bond acceptors (Lipinski definition) is 2. The lowest BCUT2D eigenvalue weighted by atomic mass is 10.0. The molecule has 0 saturated heterocycles. The number of carbonyl (C=O) groups excluding carboxylic acids is 1. The van der Waals surface area contributed by atoms with Crippen LogP contribution >= 0.6 is 0 Å². The zero-order chi connectivity index (χ0) is 16.6. The molecule has 0 aliphatic heterocycles. The van der Waals surface area contributed by atoms with Gasteiger partial charge in [0, 0.05) is 12.1 Å². The molecule has 4 heteroatoms. The Morgan fingerprint density at radius 2 is 1.50 bits per heavy atom. The Bertz CT molecular complexity index is 813. The number of amides is 1. The average Bonchev–Trinajstić information content (AvgIpc) is 2.64. The van der Waals surface area contributed by atoms with Gasteiger partial charge in [-0.3, -0.25) is 4.79 Å². The topological polar surface area (TPSA) is 45.3 Å². The molecular weight excluding hydrogens is 298 g/mol. The minimum atomic E-state index is -0.164. The molecule has 2 aromatic carbocycles. The fourth-order valence-corrected chi connectivity index (χ4v) is 2.31. The summed E-state index contributed by atoms with van der Waals surface area (Å²) in [5, 5.41) is 4.00. The van der Waals surface area contributed by atoms with Gasteiger partial charge in [-0.25, -0.2) is 5.43 Å². The maximum absolute atomic E-state index is 11.8. The first kappa shape index (κ1) is 15.6. The molecule has 0 atom stereocenters. The number of pyridine rings is 1. The molecule has 0 fully saturated rings. The molecule has 1 amide bonds. The van der Waals surface area contributed by atoms with E-state index in [1.165, 1.54) is 5.56 Å². The van der Waals surface area contributed by atoms with Gasteiger partial charge < -0.3 is 0 Å². The Morgan fingerprint density at radius 1 is 0.875 bits per heavy atom. The summed E-state index contributed by atoms with van der Waals surface area (Å²) in [6.07, 6.45) is 5.32. The van der Waals surface area contributed by atoms with E-state index in [-0.39, 0.29) is 12.5 Å². The zero-order valence-corrected chi connectivity index (χ0v) is 13.2. The summed E-state index contributed by atoms with van der Waals surface area (Å²) in [5.74, 6) is -0.164. The van der Waals surface area contributed by atoms with Crippen LogP contribution in [-0.4, -0.2) is 12.1 Å². The second kappa shape index (κ2) is 7.83. The molecule has 1 aromatic heterocycles. The van der Waals surface area contributed by atoms with Crippen molar-refractivity contribution in [3.05, 3.63) is 90.8 Å². The van der Waals surface area contributed by atoms with Crippen LogP contribution in [0.15, 0.2) is 90.3 Å². The fraction of sp³-hybridized carbons (Fsp3) is 0.0500. The van der Waals surface area contributed by atoms with Gasteiger partial charge in [0.1, 0.15) is 0 Å². The van der Waals surface area contributed by atoms with E-state index in [9.17, 15) is 4.79 Å². The Morgan fingerprint density at radius 3 is 2.21 bits per heavy atom. The van der Waals surface area contributed by atoms with E-state index >= 15 is 0 Å². The van der Waals surface area contributed by atoms with Gasteiger partial charge in [0.2, 0.25) is 6.54 Å². The third-order valence-corrected chi connectivity index (χ3v) is 3.52. The molecule has 0 unspecified atom stereocenters. The molecule has 1 heterocycles. The Labute approximate surface area is 141 Å². The number of aromatic nitrogens is 1. The number of nitrogens with one attached hydrogen (secondary N) is 1. The van der Waals surface area contributed by atoms with Crippen LogP contribution in [0.1, 0.15) is 5.56 Å². The van der Waals surface area contributed by atoms with E-state index in [2.05, 4.69) is 22.7 Å². The molecule has 0 bridgehead atoms. The molecule has 4 nitrogen and oxygen atoms in total. The summed E-state index contributed by atoms with van der Waals surface area (Å²) in [6, 6.07) is 23.9. The summed E-state index contributed by atoms with van der Waals surface area (Å²) >= 11 is 0. The van der Waals surface area contributed by atoms with Crippen molar-refractivity contribution < 1.29 is 9.36 Å². The summed E-state index contributed by atoms with van der Waals surface area (Å²) in [5.41, 5.74) is 5.79. The van der Waals surface area contributed by atoms with E-state index in [1.807, 2.05) is 73.1 Å². The molecule has 0 radical (unpaired) electrons. The van der Waals surface area contributed by atoms with Crippen molar-refractivity contribution in [3.63, 3.8) is 0 Å². The first-order valence-corrected chi connectivity index (χ1v) is 7.73. The number of hydrogen-bond donors (Lipinski definition) is 1. The second-order valence-corrected chi connectivity index (χ2v) is 5.33. The zero-order valence-electron chi connectivity index (χ0n) is 13.2. The van der Waals surface area contributed by atoms with Crippen LogP contribution in [0, 0.1) is 0 Å². The SMILES string of the molecule is O=C(C[n+]1ccccc1)NN=Cc1ccc(-c2ccccc2)cc1. The van der Waals surface area contributed by atoms with Gasteiger partial charge in [0.25, 0.3) is 0 Å². The van der Waals surface area contributed by atoms with Crippen molar-refractivity contribution in [1.29, 1.82) is 0 Å². The van der Waals surface area contributed by atoms with Crippen molar-refractivity contribution in [1.82, 2.24) is 5.43 Å². The smallest absolute Gasteiger partial charge is 0.266 e. The highest BCUT2D eigenvalue weighted by molar-refractivity contribution is 5.83. The number of hydrazone groups is 1. The summed E-state index contributed by atoms with van der Waals surface area (Å²) < 4.78 is 1.79. The van der Waals surface area contributed by atoms with E-state index in [0.29, 0.717) is 0 Å². The molecule has 3 aromatic rings. The van der Waals surface area contributed by atoms with Gasteiger partial charge in [-0.05, 0) is 16.7 Å². The number of carbonyl (C=O) groups is 1. The van der Waals surface area contributed by atoms with Gasteiger partial charge in [0.05, 0.1) is 6.21 Å². The van der Waals surface area contributed by atoms with Gasteiger partial charge in [-0.1, -0.05) is 60.7 Å². The average molecular weight is 316 g/mol. The maximum Gasteiger partial charge on any atom is 0.305 e. The third-order valence-electron chi connectivity index (χ3n) is 3.52. The monoisotopic (exact) mass is 316 g/mol. The van der Waals surface area contributed by atoms with Crippen LogP contribution < -0.4 is 9.99 Å². The van der Waals surface area contributed by atoms with Crippen molar-refractivity contribution in [3.8, 4) is 11.1 Å².